The molecule has 0 amide bonds. The Kier molecular flexibility index (Phi) is 3.71. The van der Waals surface area contributed by atoms with Gasteiger partial charge in [0.2, 0.25) is 17.8 Å². The average Bonchev–Trinajstić information content (AvgIpc) is 3.00. The van der Waals surface area contributed by atoms with E-state index in [0.29, 0.717) is 17.8 Å². The van der Waals surface area contributed by atoms with Crippen LogP contribution in [0.1, 0.15) is 13.8 Å². The zero-order valence-corrected chi connectivity index (χ0v) is 13.3. The highest BCUT2D eigenvalue weighted by molar-refractivity contribution is 8.00. The fourth-order valence-corrected chi connectivity index (χ4v) is 3.40. The first-order valence-corrected chi connectivity index (χ1v) is 7.87. The van der Waals surface area contributed by atoms with Gasteiger partial charge in [-0.05, 0) is 13.8 Å². The molecule has 0 spiro atoms. The Bertz CT molecular complexity index is 611. The highest BCUT2D eigenvalue weighted by atomic mass is 32.2. The number of anilines is 2. The molecule has 7 nitrogen and oxygen atoms in total. The molecule has 0 radical (unpaired) electrons. The summed E-state index contributed by atoms with van der Waals surface area (Å²) in [5.41, 5.74) is 0. The molecule has 3 heterocycles. The predicted octanol–water partition coefficient (Wildman–Crippen LogP) is 1.43. The van der Waals surface area contributed by atoms with Gasteiger partial charge in [0.25, 0.3) is 0 Å². The third kappa shape index (κ3) is 3.10. The molecule has 3 rings (SSSR count). The number of thioether (sulfide) groups is 1. The zero-order chi connectivity index (χ0) is 14.9. The Morgan fingerprint density at radius 2 is 2.05 bits per heavy atom. The molecular formula is C13H19N7S. The Labute approximate surface area is 128 Å². The summed E-state index contributed by atoms with van der Waals surface area (Å²) in [7, 11) is 1.81. The van der Waals surface area contributed by atoms with Crippen molar-refractivity contribution in [1.82, 2.24) is 24.5 Å². The minimum absolute atomic E-state index is 0.208. The fraction of sp³-hybridized carbons (Fsp3) is 0.538. The van der Waals surface area contributed by atoms with Crippen LogP contribution in [-0.2, 0) is 0 Å². The van der Waals surface area contributed by atoms with Gasteiger partial charge in [0.05, 0.1) is 0 Å². The topological polar surface area (TPSA) is 71.8 Å². The SMILES string of the molecule is CNc1nc(N2CCSC(C)(C)C2)nc(-n2ccnc2)n1. The van der Waals surface area contributed by atoms with E-state index in [4.69, 9.17) is 0 Å². The largest absolute Gasteiger partial charge is 0.357 e. The molecule has 1 N–H and O–H groups in total. The molecule has 1 aliphatic rings. The monoisotopic (exact) mass is 305 g/mol. The maximum Gasteiger partial charge on any atom is 0.241 e. The van der Waals surface area contributed by atoms with E-state index >= 15 is 0 Å². The molecule has 0 unspecified atom stereocenters. The third-order valence-corrected chi connectivity index (χ3v) is 4.58. The van der Waals surface area contributed by atoms with Gasteiger partial charge in [-0.3, -0.25) is 4.57 Å². The summed E-state index contributed by atoms with van der Waals surface area (Å²) >= 11 is 1.99. The summed E-state index contributed by atoms with van der Waals surface area (Å²) in [5, 5.41) is 3.00. The van der Waals surface area contributed by atoms with E-state index in [0.717, 1.165) is 18.8 Å². The number of nitrogens with zero attached hydrogens (tertiary/aromatic N) is 6. The third-order valence-electron chi connectivity index (χ3n) is 3.28. The number of aromatic nitrogens is 5. The molecule has 2 aromatic heterocycles. The minimum Gasteiger partial charge on any atom is -0.357 e. The van der Waals surface area contributed by atoms with Gasteiger partial charge in [-0.15, -0.1) is 0 Å². The van der Waals surface area contributed by atoms with Crippen LogP contribution in [0.25, 0.3) is 5.95 Å². The Morgan fingerprint density at radius 3 is 2.71 bits per heavy atom. The van der Waals surface area contributed by atoms with Gasteiger partial charge in [-0.25, -0.2) is 4.98 Å². The van der Waals surface area contributed by atoms with Gasteiger partial charge in [-0.2, -0.15) is 26.7 Å². The van der Waals surface area contributed by atoms with Crippen LogP contribution >= 0.6 is 11.8 Å². The normalized spacial score (nSPS) is 17.8. The van der Waals surface area contributed by atoms with Crippen molar-refractivity contribution in [3.63, 3.8) is 0 Å². The van der Waals surface area contributed by atoms with Crippen molar-refractivity contribution in [3.8, 4) is 5.95 Å². The molecule has 0 aromatic carbocycles. The van der Waals surface area contributed by atoms with Crippen molar-refractivity contribution in [1.29, 1.82) is 0 Å². The summed E-state index contributed by atoms with van der Waals surface area (Å²) in [6, 6.07) is 0. The molecule has 0 bridgehead atoms. The van der Waals surface area contributed by atoms with Crippen LogP contribution in [0.5, 0.6) is 0 Å². The highest BCUT2D eigenvalue weighted by Gasteiger charge is 2.29. The molecular weight excluding hydrogens is 286 g/mol. The first-order chi connectivity index (χ1) is 10.1. The molecule has 2 aromatic rings. The summed E-state index contributed by atoms with van der Waals surface area (Å²) in [6.45, 7) is 6.38. The number of imidazole rings is 1. The fourth-order valence-electron chi connectivity index (χ4n) is 2.29. The lowest BCUT2D eigenvalue weighted by molar-refractivity contribution is 0.633. The van der Waals surface area contributed by atoms with Gasteiger partial charge in [-0.1, -0.05) is 0 Å². The maximum atomic E-state index is 4.59. The lowest BCUT2D eigenvalue weighted by Gasteiger charge is -2.37. The molecule has 0 atom stereocenters. The van der Waals surface area contributed by atoms with Crippen molar-refractivity contribution in [3.05, 3.63) is 18.7 Å². The Morgan fingerprint density at radius 1 is 1.24 bits per heavy atom. The van der Waals surface area contributed by atoms with Crippen LogP contribution in [0.4, 0.5) is 11.9 Å². The van der Waals surface area contributed by atoms with Crippen LogP contribution in [0.2, 0.25) is 0 Å². The molecule has 0 aliphatic carbocycles. The van der Waals surface area contributed by atoms with Crippen LogP contribution in [0.15, 0.2) is 18.7 Å². The van der Waals surface area contributed by atoms with Crippen molar-refractivity contribution >= 4 is 23.7 Å². The second-order valence-corrected chi connectivity index (χ2v) is 7.31. The van der Waals surface area contributed by atoms with Crippen LogP contribution in [0, 0.1) is 0 Å². The number of hydrogen-bond acceptors (Lipinski definition) is 7. The van der Waals surface area contributed by atoms with Gasteiger partial charge in [0, 0.05) is 43.0 Å². The quantitative estimate of drug-likeness (QED) is 0.919. The van der Waals surface area contributed by atoms with Gasteiger partial charge >= 0.3 is 0 Å². The van der Waals surface area contributed by atoms with E-state index in [1.807, 2.05) is 25.0 Å². The number of rotatable bonds is 3. The summed E-state index contributed by atoms with van der Waals surface area (Å²) in [4.78, 5) is 19.7. The average molecular weight is 305 g/mol. The molecule has 0 saturated carbocycles. The van der Waals surface area contributed by atoms with Crippen LogP contribution in [0.3, 0.4) is 0 Å². The van der Waals surface area contributed by atoms with Crippen molar-refractivity contribution in [2.75, 3.05) is 36.1 Å². The molecule has 21 heavy (non-hydrogen) atoms. The van der Waals surface area contributed by atoms with E-state index in [9.17, 15) is 0 Å². The predicted molar refractivity (Wildman–Crippen MR) is 85.2 cm³/mol. The summed E-state index contributed by atoms with van der Waals surface area (Å²) < 4.78 is 2.00. The van der Waals surface area contributed by atoms with Crippen molar-refractivity contribution < 1.29 is 0 Å². The van der Waals surface area contributed by atoms with E-state index in [2.05, 4.69) is 44.0 Å². The van der Waals surface area contributed by atoms with E-state index in [1.165, 1.54) is 0 Å². The molecule has 1 aliphatic heterocycles. The summed E-state index contributed by atoms with van der Waals surface area (Å²) in [6.07, 6.45) is 5.23. The van der Waals surface area contributed by atoms with Gasteiger partial charge in [0.15, 0.2) is 0 Å². The Hall–Kier alpha value is -1.83. The van der Waals surface area contributed by atoms with Crippen LogP contribution in [-0.4, -0.2) is 55.1 Å². The summed E-state index contributed by atoms with van der Waals surface area (Å²) in [5.74, 6) is 2.94. The Balaban J connectivity index is 1.96. The highest BCUT2D eigenvalue weighted by Crippen LogP contribution is 2.31. The molecule has 8 heteroatoms. The zero-order valence-electron chi connectivity index (χ0n) is 12.4. The van der Waals surface area contributed by atoms with E-state index in [-0.39, 0.29) is 4.75 Å². The number of hydrogen-bond donors (Lipinski definition) is 1. The smallest absolute Gasteiger partial charge is 0.241 e. The standard InChI is InChI=1S/C13H19N7S/c1-13(2)8-19(6-7-21-13)11-16-10(14-3)17-12(18-11)20-5-4-15-9-20/h4-5,9H,6-8H2,1-3H3,(H,14,16,17,18). The molecule has 1 fully saturated rings. The van der Waals surface area contributed by atoms with Crippen molar-refractivity contribution in [2.24, 2.45) is 0 Å². The van der Waals surface area contributed by atoms with Gasteiger partial charge < -0.3 is 10.2 Å². The maximum absolute atomic E-state index is 4.59. The van der Waals surface area contributed by atoms with Gasteiger partial charge in [0.1, 0.15) is 6.33 Å². The van der Waals surface area contributed by atoms with Crippen LogP contribution < -0.4 is 10.2 Å². The lowest BCUT2D eigenvalue weighted by Crippen LogP contribution is -2.44. The first-order valence-electron chi connectivity index (χ1n) is 6.88. The first kappa shape index (κ1) is 14.1. The molecule has 1 saturated heterocycles. The molecule has 112 valence electrons. The number of nitrogens with one attached hydrogen (secondary N) is 1. The lowest BCUT2D eigenvalue weighted by atomic mass is 10.2. The van der Waals surface area contributed by atoms with E-state index < -0.39 is 0 Å². The second-order valence-electron chi connectivity index (χ2n) is 5.51. The van der Waals surface area contributed by atoms with Crippen molar-refractivity contribution in [2.45, 2.75) is 18.6 Å². The minimum atomic E-state index is 0.208. The van der Waals surface area contributed by atoms with E-state index in [1.54, 1.807) is 17.1 Å². The second kappa shape index (κ2) is 5.51.